The molecule has 5 nitrogen and oxygen atoms in total. The van der Waals surface area contributed by atoms with Crippen molar-refractivity contribution in [3.05, 3.63) is 18.5 Å². The fourth-order valence-electron chi connectivity index (χ4n) is 2.23. The van der Waals surface area contributed by atoms with E-state index in [1.165, 1.54) is 32.7 Å². The first-order chi connectivity index (χ1) is 8.84. The molecule has 0 aromatic carbocycles. The number of aromatic nitrogens is 2. The molecule has 1 saturated heterocycles. The number of hydrogen-bond donors (Lipinski definition) is 1. The molecular formula is C13H25N5. The van der Waals surface area contributed by atoms with E-state index in [-0.39, 0.29) is 0 Å². The molecule has 0 unspecified atom stereocenters. The Morgan fingerprint density at radius 1 is 1.11 bits per heavy atom. The second-order valence-electron chi connectivity index (χ2n) is 5.02. The summed E-state index contributed by atoms with van der Waals surface area (Å²) < 4.78 is 1.99. The zero-order valence-electron chi connectivity index (χ0n) is 11.4. The van der Waals surface area contributed by atoms with Gasteiger partial charge in [-0.25, -0.2) is 0 Å². The van der Waals surface area contributed by atoms with E-state index >= 15 is 0 Å². The van der Waals surface area contributed by atoms with E-state index in [0.717, 1.165) is 26.1 Å². The van der Waals surface area contributed by atoms with Crippen LogP contribution in [0.25, 0.3) is 0 Å². The lowest BCUT2D eigenvalue weighted by molar-refractivity contribution is 0.155. The molecule has 18 heavy (non-hydrogen) atoms. The highest BCUT2D eigenvalue weighted by atomic mass is 15.3. The molecule has 1 aliphatic heterocycles. The van der Waals surface area contributed by atoms with Gasteiger partial charge in [-0.15, -0.1) is 0 Å². The number of nitrogens with zero attached hydrogens (tertiary/aromatic N) is 4. The van der Waals surface area contributed by atoms with E-state index in [1.807, 2.05) is 23.1 Å². The zero-order valence-corrected chi connectivity index (χ0v) is 11.4. The molecule has 1 aromatic rings. The molecule has 5 heteroatoms. The lowest BCUT2D eigenvalue weighted by atomic mass is 10.3. The maximum absolute atomic E-state index is 4.19. The Morgan fingerprint density at radius 2 is 1.94 bits per heavy atom. The molecule has 1 N–H and O–H groups in total. The molecule has 0 aliphatic carbocycles. The van der Waals surface area contributed by atoms with Gasteiger partial charge in [0, 0.05) is 58.2 Å². The lowest BCUT2D eigenvalue weighted by Crippen LogP contribution is -2.46. The van der Waals surface area contributed by atoms with Crippen molar-refractivity contribution in [3.63, 3.8) is 0 Å². The van der Waals surface area contributed by atoms with Gasteiger partial charge >= 0.3 is 0 Å². The minimum Gasteiger partial charge on any atom is -0.315 e. The molecule has 1 aliphatic rings. The molecule has 2 rings (SSSR count). The number of hydrogen-bond acceptors (Lipinski definition) is 4. The van der Waals surface area contributed by atoms with Gasteiger partial charge in [0.25, 0.3) is 0 Å². The third-order valence-corrected chi connectivity index (χ3v) is 3.50. The minimum atomic E-state index is 1.01. The molecule has 2 heterocycles. The standard InChI is InChI=1S/C13H25N5/c1-16-10-12-17(13-11-16)9-6-14-4-2-7-18-8-3-5-15-18/h3,5,8,14H,2,4,6-7,9-13H2,1H3. The zero-order chi connectivity index (χ0) is 12.6. The van der Waals surface area contributed by atoms with Gasteiger partial charge in [0.2, 0.25) is 0 Å². The van der Waals surface area contributed by atoms with Crippen LogP contribution >= 0.6 is 0 Å². The highest BCUT2D eigenvalue weighted by Crippen LogP contribution is 1.97. The summed E-state index contributed by atoms with van der Waals surface area (Å²) in [5.41, 5.74) is 0. The predicted molar refractivity (Wildman–Crippen MR) is 73.7 cm³/mol. The topological polar surface area (TPSA) is 36.3 Å². The maximum atomic E-state index is 4.19. The van der Waals surface area contributed by atoms with Crippen molar-refractivity contribution in [3.8, 4) is 0 Å². The summed E-state index contributed by atoms with van der Waals surface area (Å²) in [6.07, 6.45) is 5.00. The van der Waals surface area contributed by atoms with Gasteiger partial charge in [0.1, 0.15) is 0 Å². The SMILES string of the molecule is CN1CCN(CCNCCCn2cccn2)CC1. The second-order valence-corrected chi connectivity index (χ2v) is 5.02. The van der Waals surface area contributed by atoms with Crippen molar-refractivity contribution < 1.29 is 0 Å². The molecule has 1 aromatic heterocycles. The van der Waals surface area contributed by atoms with E-state index in [9.17, 15) is 0 Å². The van der Waals surface area contributed by atoms with Crippen molar-refractivity contribution in [2.24, 2.45) is 0 Å². The van der Waals surface area contributed by atoms with Crippen LogP contribution in [0.3, 0.4) is 0 Å². The van der Waals surface area contributed by atoms with Gasteiger partial charge in [0.15, 0.2) is 0 Å². The fourth-order valence-corrected chi connectivity index (χ4v) is 2.23. The van der Waals surface area contributed by atoms with Crippen LogP contribution in [0.15, 0.2) is 18.5 Å². The molecule has 102 valence electrons. The van der Waals surface area contributed by atoms with Crippen LogP contribution in [0.1, 0.15) is 6.42 Å². The van der Waals surface area contributed by atoms with Crippen molar-refractivity contribution in [2.45, 2.75) is 13.0 Å². The summed E-state index contributed by atoms with van der Waals surface area (Å²) in [7, 11) is 2.20. The Morgan fingerprint density at radius 3 is 2.67 bits per heavy atom. The van der Waals surface area contributed by atoms with Crippen molar-refractivity contribution in [2.75, 3.05) is 52.9 Å². The van der Waals surface area contributed by atoms with Crippen LogP contribution in [0.5, 0.6) is 0 Å². The molecule has 0 bridgehead atoms. The molecule has 0 radical (unpaired) electrons. The lowest BCUT2D eigenvalue weighted by Gasteiger charge is -2.32. The molecule has 1 fully saturated rings. The Balaban J connectivity index is 1.44. The summed E-state index contributed by atoms with van der Waals surface area (Å²) in [5, 5.41) is 7.70. The van der Waals surface area contributed by atoms with E-state index in [2.05, 4.69) is 27.3 Å². The average Bonchev–Trinajstić information content (AvgIpc) is 2.89. The number of piperazine rings is 1. The first-order valence-electron chi connectivity index (χ1n) is 6.93. The van der Waals surface area contributed by atoms with Crippen molar-refractivity contribution in [1.82, 2.24) is 24.9 Å². The largest absolute Gasteiger partial charge is 0.315 e. The Labute approximate surface area is 110 Å². The third-order valence-electron chi connectivity index (χ3n) is 3.50. The quantitative estimate of drug-likeness (QED) is 0.698. The van der Waals surface area contributed by atoms with Gasteiger partial charge < -0.3 is 10.2 Å². The highest BCUT2D eigenvalue weighted by molar-refractivity contribution is 4.77. The third kappa shape index (κ3) is 4.76. The Hall–Kier alpha value is -0.910. The number of nitrogens with one attached hydrogen (secondary N) is 1. The number of rotatable bonds is 7. The highest BCUT2D eigenvalue weighted by Gasteiger charge is 2.12. The predicted octanol–water partition coefficient (Wildman–Crippen LogP) is 0.110. The first-order valence-corrected chi connectivity index (χ1v) is 6.93. The Kier molecular flexibility index (Phi) is 5.64. The van der Waals surface area contributed by atoms with E-state index < -0.39 is 0 Å². The monoisotopic (exact) mass is 251 g/mol. The van der Waals surface area contributed by atoms with Crippen LogP contribution in [-0.4, -0.2) is 72.4 Å². The van der Waals surface area contributed by atoms with Gasteiger partial charge in [-0.2, -0.15) is 5.10 Å². The molecule has 0 spiro atoms. The first kappa shape index (κ1) is 13.5. The fraction of sp³-hybridized carbons (Fsp3) is 0.769. The van der Waals surface area contributed by atoms with Crippen LogP contribution in [0.2, 0.25) is 0 Å². The van der Waals surface area contributed by atoms with Crippen LogP contribution < -0.4 is 5.32 Å². The van der Waals surface area contributed by atoms with Gasteiger partial charge in [-0.05, 0) is 26.1 Å². The van der Waals surface area contributed by atoms with E-state index in [0.29, 0.717) is 0 Å². The van der Waals surface area contributed by atoms with Crippen molar-refractivity contribution in [1.29, 1.82) is 0 Å². The van der Waals surface area contributed by atoms with Gasteiger partial charge in [-0.1, -0.05) is 0 Å². The molecular weight excluding hydrogens is 226 g/mol. The van der Waals surface area contributed by atoms with Crippen LogP contribution in [0, 0.1) is 0 Å². The number of likely N-dealkylation sites (N-methyl/N-ethyl adjacent to an activating group) is 1. The molecule has 0 atom stereocenters. The van der Waals surface area contributed by atoms with Gasteiger partial charge in [0.05, 0.1) is 0 Å². The summed E-state index contributed by atoms with van der Waals surface area (Å²) in [6, 6.07) is 1.97. The molecule has 0 saturated carbocycles. The van der Waals surface area contributed by atoms with Crippen LogP contribution in [-0.2, 0) is 6.54 Å². The summed E-state index contributed by atoms with van der Waals surface area (Å²) in [4.78, 5) is 4.94. The second kappa shape index (κ2) is 7.51. The summed E-state index contributed by atoms with van der Waals surface area (Å²) in [5.74, 6) is 0. The normalized spacial score (nSPS) is 18.3. The summed E-state index contributed by atoms with van der Waals surface area (Å²) in [6.45, 7) is 9.20. The van der Waals surface area contributed by atoms with E-state index in [1.54, 1.807) is 0 Å². The minimum absolute atomic E-state index is 1.01. The smallest absolute Gasteiger partial charge is 0.0489 e. The van der Waals surface area contributed by atoms with Gasteiger partial charge in [-0.3, -0.25) is 9.58 Å². The van der Waals surface area contributed by atoms with E-state index in [4.69, 9.17) is 0 Å². The maximum Gasteiger partial charge on any atom is 0.0489 e. The van der Waals surface area contributed by atoms with Crippen molar-refractivity contribution >= 4 is 0 Å². The number of aryl methyl sites for hydroxylation is 1. The van der Waals surface area contributed by atoms with Crippen LogP contribution in [0.4, 0.5) is 0 Å². The average molecular weight is 251 g/mol. The molecule has 0 amide bonds. The summed E-state index contributed by atoms with van der Waals surface area (Å²) >= 11 is 0. The Bertz CT molecular complexity index is 303.